The second kappa shape index (κ2) is 4.16. The number of nitrogens with zero attached hydrogens (tertiary/aromatic N) is 1. The number of aldehydes is 1. The van der Waals surface area contributed by atoms with Crippen LogP contribution in [0.1, 0.15) is 25.3 Å². The lowest BCUT2D eigenvalue weighted by Gasteiger charge is -2.24. The average Bonchev–Trinajstić information content (AvgIpc) is 2.67. The summed E-state index contributed by atoms with van der Waals surface area (Å²) in [5.74, 6) is 0.756. The van der Waals surface area contributed by atoms with Crippen molar-refractivity contribution in [2.24, 2.45) is 0 Å². The summed E-state index contributed by atoms with van der Waals surface area (Å²) in [7, 11) is 1.65. The van der Waals surface area contributed by atoms with Gasteiger partial charge >= 0.3 is 0 Å². The predicted molar refractivity (Wildman–Crippen MR) is 64.3 cm³/mol. The van der Waals surface area contributed by atoms with E-state index in [4.69, 9.17) is 4.74 Å². The standard InChI is InChI=1S/C13H17NO2/c1-9(2)14-7-10(8-15)13-11(14)5-4-6-12(13)16-3/h4-6,8-10H,7H2,1-3H3. The zero-order chi connectivity index (χ0) is 11.7. The Bertz CT molecular complexity index is 401. The number of methoxy groups -OCH3 is 1. The molecule has 1 heterocycles. The lowest BCUT2D eigenvalue weighted by Crippen LogP contribution is -2.29. The Morgan fingerprint density at radius 3 is 2.81 bits per heavy atom. The quantitative estimate of drug-likeness (QED) is 0.730. The summed E-state index contributed by atoms with van der Waals surface area (Å²) < 4.78 is 5.33. The van der Waals surface area contributed by atoms with E-state index >= 15 is 0 Å². The van der Waals surface area contributed by atoms with Crippen molar-refractivity contribution in [2.75, 3.05) is 18.6 Å². The summed E-state index contributed by atoms with van der Waals surface area (Å²) in [5.41, 5.74) is 2.17. The lowest BCUT2D eigenvalue weighted by atomic mass is 10.0. The van der Waals surface area contributed by atoms with E-state index in [1.54, 1.807) is 7.11 Å². The number of carbonyl (C=O) groups is 1. The number of benzene rings is 1. The summed E-state index contributed by atoms with van der Waals surface area (Å²) >= 11 is 0. The van der Waals surface area contributed by atoms with Crippen LogP contribution < -0.4 is 9.64 Å². The molecule has 0 amide bonds. The van der Waals surface area contributed by atoms with Gasteiger partial charge in [-0.3, -0.25) is 0 Å². The molecular weight excluding hydrogens is 202 g/mol. The summed E-state index contributed by atoms with van der Waals surface area (Å²) in [5, 5.41) is 0. The molecule has 2 rings (SSSR count). The van der Waals surface area contributed by atoms with Gasteiger partial charge in [-0.2, -0.15) is 0 Å². The largest absolute Gasteiger partial charge is 0.496 e. The molecule has 3 nitrogen and oxygen atoms in total. The topological polar surface area (TPSA) is 29.5 Å². The third-order valence-corrected chi connectivity index (χ3v) is 3.12. The fourth-order valence-electron chi connectivity index (χ4n) is 2.34. The van der Waals surface area contributed by atoms with E-state index in [0.717, 1.165) is 29.8 Å². The number of anilines is 1. The molecule has 0 aliphatic carbocycles. The van der Waals surface area contributed by atoms with Crippen LogP contribution in [0.15, 0.2) is 18.2 Å². The maximum atomic E-state index is 11.1. The third-order valence-electron chi connectivity index (χ3n) is 3.12. The van der Waals surface area contributed by atoms with E-state index in [0.29, 0.717) is 6.04 Å². The van der Waals surface area contributed by atoms with E-state index in [9.17, 15) is 4.79 Å². The molecule has 0 saturated carbocycles. The van der Waals surface area contributed by atoms with Crippen molar-refractivity contribution in [3.8, 4) is 5.75 Å². The fraction of sp³-hybridized carbons (Fsp3) is 0.462. The molecule has 1 aliphatic rings. The maximum absolute atomic E-state index is 11.1. The Balaban J connectivity index is 2.52. The molecule has 0 aromatic heterocycles. The Morgan fingerprint density at radius 1 is 1.50 bits per heavy atom. The molecule has 3 heteroatoms. The second-order valence-electron chi connectivity index (χ2n) is 4.38. The van der Waals surface area contributed by atoms with Gasteiger partial charge in [-0.15, -0.1) is 0 Å². The molecular formula is C13H17NO2. The number of rotatable bonds is 3. The molecule has 0 saturated heterocycles. The van der Waals surface area contributed by atoms with Crippen LogP contribution in [0.5, 0.6) is 5.75 Å². The van der Waals surface area contributed by atoms with Crippen LogP contribution in [-0.4, -0.2) is 26.0 Å². The Morgan fingerprint density at radius 2 is 2.25 bits per heavy atom. The van der Waals surface area contributed by atoms with Crippen LogP contribution in [0.2, 0.25) is 0 Å². The highest BCUT2D eigenvalue weighted by molar-refractivity contribution is 5.77. The van der Waals surface area contributed by atoms with E-state index in [1.165, 1.54) is 0 Å². The SMILES string of the molecule is COc1cccc2c1C(C=O)CN2C(C)C. The van der Waals surface area contributed by atoms with E-state index in [1.807, 2.05) is 12.1 Å². The Kier molecular flexibility index (Phi) is 2.86. The summed E-state index contributed by atoms with van der Waals surface area (Å²) in [6.07, 6.45) is 1.02. The smallest absolute Gasteiger partial charge is 0.129 e. The van der Waals surface area contributed by atoms with Crippen molar-refractivity contribution < 1.29 is 9.53 Å². The van der Waals surface area contributed by atoms with Crippen molar-refractivity contribution in [2.45, 2.75) is 25.8 Å². The van der Waals surface area contributed by atoms with E-state index in [-0.39, 0.29) is 5.92 Å². The number of hydrogen-bond acceptors (Lipinski definition) is 3. The number of fused-ring (bicyclic) bond motifs is 1. The summed E-state index contributed by atoms with van der Waals surface area (Å²) in [4.78, 5) is 13.4. The highest BCUT2D eigenvalue weighted by Crippen LogP contribution is 2.41. The molecule has 1 atom stereocenters. The van der Waals surface area contributed by atoms with Crippen molar-refractivity contribution in [3.05, 3.63) is 23.8 Å². The highest BCUT2D eigenvalue weighted by Gasteiger charge is 2.32. The molecule has 1 unspecified atom stereocenters. The third kappa shape index (κ3) is 1.56. The van der Waals surface area contributed by atoms with Gasteiger partial charge in [0.05, 0.1) is 13.0 Å². The van der Waals surface area contributed by atoms with Crippen LogP contribution in [0, 0.1) is 0 Å². The molecule has 0 bridgehead atoms. The summed E-state index contributed by atoms with van der Waals surface area (Å²) in [6.45, 7) is 5.03. The Labute approximate surface area is 96.0 Å². The van der Waals surface area contributed by atoms with Gasteiger partial charge in [0.25, 0.3) is 0 Å². The van der Waals surface area contributed by atoms with E-state index in [2.05, 4.69) is 24.8 Å². The van der Waals surface area contributed by atoms with Gasteiger partial charge in [0, 0.05) is 23.8 Å². The Hall–Kier alpha value is -1.51. The molecule has 0 fully saturated rings. The molecule has 16 heavy (non-hydrogen) atoms. The molecule has 1 aromatic carbocycles. The fourth-order valence-corrected chi connectivity index (χ4v) is 2.34. The van der Waals surface area contributed by atoms with Crippen molar-refractivity contribution >= 4 is 12.0 Å². The van der Waals surface area contributed by atoms with Gasteiger partial charge in [0.2, 0.25) is 0 Å². The zero-order valence-electron chi connectivity index (χ0n) is 9.93. The predicted octanol–water partition coefficient (Wildman–Crippen LogP) is 2.21. The van der Waals surface area contributed by atoms with Gasteiger partial charge in [0.1, 0.15) is 12.0 Å². The minimum Gasteiger partial charge on any atom is -0.496 e. The minimum absolute atomic E-state index is 0.0615. The monoisotopic (exact) mass is 219 g/mol. The van der Waals surface area contributed by atoms with Crippen molar-refractivity contribution in [1.82, 2.24) is 0 Å². The van der Waals surface area contributed by atoms with Crippen LogP contribution in [0.25, 0.3) is 0 Å². The average molecular weight is 219 g/mol. The summed E-state index contributed by atoms with van der Waals surface area (Å²) in [6, 6.07) is 6.34. The first-order chi connectivity index (χ1) is 7.69. The lowest BCUT2D eigenvalue weighted by molar-refractivity contribution is -0.108. The van der Waals surface area contributed by atoms with Crippen LogP contribution in [0.3, 0.4) is 0 Å². The highest BCUT2D eigenvalue weighted by atomic mass is 16.5. The zero-order valence-corrected chi connectivity index (χ0v) is 9.93. The van der Waals surface area contributed by atoms with Gasteiger partial charge in [-0.05, 0) is 26.0 Å². The molecule has 1 aliphatic heterocycles. The molecule has 1 aromatic rings. The van der Waals surface area contributed by atoms with E-state index < -0.39 is 0 Å². The first kappa shape index (κ1) is 11.0. The minimum atomic E-state index is -0.0615. The van der Waals surface area contributed by atoms with Crippen LogP contribution in [-0.2, 0) is 4.79 Å². The van der Waals surface area contributed by atoms with Gasteiger partial charge in [-0.1, -0.05) is 6.07 Å². The number of ether oxygens (including phenoxy) is 1. The number of hydrogen-bond donors (Lipinski definition) is 0. The van der Waals surface area contributed by atoms with Crippen molar-refractivity contribution in [1.29, 1.82) is 0 Å². The second-order valence-corrected chi connectivity index (χ2v) is 4.38. The first-order valence-electron chi connectivity index (χ1n) is 5.58. The van der Waals surface area contributed by atoms with Crippen LogP contribution in [0.4, 0.5) is 5.69 Å². The molecule has 0 spiro atoms. The van der Waals surface area contributed by atoms with Crippen molar-refractivity contribution in [3.63, 3.8) is 0 Å². The van der Waals surface area contributed by atoms with Gasteiger partial charge < -0.3 is 14.4 Å². The van der Waals surface area contributed by atoms with Crippen LogP contribution >= 0.6 is 0 Å². The molecule has 86 valence electrons. The first-order valence-corrected chi connectivity index (χ1v) is 5.58. The maximum Gasteiger partial charge on any atom is 0.129 e. The van der Waals surface area contributed by atoms with Gasteiger partial charge in [0.15, 0.2) is 0 Å². The normalized spacial score (nSPS) is 18.8. The molecule has 0 N–H and O–H groups in total. The number of carbonyl (C=O) groups excluding carboxylic acids is 1. The molecule has 0 radical (unpaired) electrons. The van der Waals surface area contributed by atoms with Gasteiger partial charge in [-0.25, -0.2) is 0 Å².